The summed E-state index contributed by atoms with van der Waals surface area (Å²) in [5.74, 6) is -0.397. The van der Waals surface area contributed by atoms with E-state index in [1.54, 1.807) is 0 Å². The second-order valence-corrected chi connectivity index (χ2v) is 3.60. The molecule has 1 fully saturated rings. The second-order valence-electron chi connectivity index (χ2n) is 3.60. The lowest BCUT2D eigenvalue weighted by atomic mass is 10.0. The van der Waals surface area contributed by atoms with E-state index in [1.807, 2.05) is 12.2 Å². The number of hydrogen-bond donors (Lipinski definition) is 2. The normalized spacial score (nSPS) is 28.9. The first-order valence-electron chi connectivity index (χ1n) is 4.53. The van der Waals surface area contributed by atoms with Gasteiger partial charge in [-0.1, -0.05) is 6.08 Å². The van der Waals surface area contributed by atoms with Crippen molar-refractivity contribution in [2.75, 3.05) is 13.1 Å². The third-order valence-electron chi connectivity index (χ3n) is 2.77. The molecule has 1 unspecified atom stereocenters. The second kappa shape index (κ2) is 2.37. The van der Waals surface area contributed by atoms with Gasteiger partial charge < -0.3 is 10.2 Å². The standard InChI is InChI=1S/C9H9N3O2/c13-8-5-4-12-3-1-2-6(12)7(5)10-9(14)11-8/h1-2,5H,3-4H2,(H2,10,11,13,14). The molecule has 0 aromatic heterocycles. The highest BCUT2D eigenvalue weighted by atomic mass is 16.2. The Morgan fingerprint density at radius 2 is 2.21 bits per heavy atom. The molecule has 3 heterocycles. The smallest absolute Gasteiger partial charge is 0.325 e. The minimum absolute atomic E-state index is 0.195. The van der Waals surface area contributed by atoms with Crippen molar-refractivity contribution in [2.24, 2.45) is 5.92 Å². The van der Waals surface area contributed by atoms with Crippen LogP contribution in [0.1, 0.15) is 0 Å². The maximum absolute atomic E-state index is 11.5. The highest BCUT2D eigenvalue weighted by Crippen LogP contribution is 2.31. The van der Waals surface area contributed by atoms with Crippen LogP contribution in [0.4, 0.5) is 4.79 Å². The van der Waals surface area contributed by atoms with Crippen molar-refractivity contribution < 1.29 is 9.59 Å². The van der Waals surface area contributed by atoms with Crippen LogP contribution in [0.25, 0.3) is 0 Å². The van der Waals surface area contributed by atoms with E-state index in [2.05, 4.69) is 15.5 Å². The van der Waals surface area contributed by atoms with Crippen LogP contribution in [0.15, 0.2) is 23.5 Å². The third kappa shape index (κ3) is 0.837. The van der Waals surface area contributed by atoms with Crippen LogP contribution >= 0.6 is 0 Å². The van der Waals surface area contributed by atoms with Gasteiger partial charge in [0.15, 0.2) is 0 Å². The molecule has 0 aliphatic carbocycles. The highest BCUT2D eigenvalue weighted by molar-refractivity contribution is 6.01. The van der Waals surface area contributed by atoms with Gasteiger partial charge in [0, 0.05) is 13.1 Å². The highest BCUT2D eigenvalue weighted by Gasteiger charge is 2.40. The van der Waals surface area contributed by atoms with Crippen molar-refractivity contribution in [3.63, 3.8) is 0 Å². The predicted octanol–water partition coefficient (Wildman–Crippen LogP) is -0.461. The van der Waals surface area contributed by atoms with Crippen LogP contribution in [0.2, 0.25) is 0 Å². The number of carbonyl (C=O) groups is 2. The molecule has 14 heavy (non-hydrogen) atoms. The number of allylic oxidation sites excluding steroid dienone is 1. The first-order valence-corrected chi connectivity index (χ1v) is 4.53. The lowest BCUT2D eigenvalue weighted by molar-refractivity contribution is -0.123. The summed E-state index contributed by atoms with van der Waals surface area (Å²) >= 11 is 0. The lowest BCUT2D eigenvalue weighted by Gasteiger charge is -2.20. The number of hydrogen-bond acceptors (Lipinski definition) is 3. The quantitative estimate of drug-likeness (QED) is 0.544. The summed E-state index contributed by atoms with van der Waals surface area (Å²) in [7, 11) is 0. The van der Waals surface area contributed by atoms with Crippen molar-refractivity contribution in [1.82, 2.24) is 15.5 Å². The molecule has 1 atom stereocenters. The number of nitrogens with zero attached hydrogens (tertiary/aromatic N) is 1. The Morgan fingerprint density at radius 1 is 1.36 bits per heavy atom. The fourth-order valence-corrected chi connectivity index (χ4v) is 2.14. The van der Waals surface area contributed by atoms with Crippen molar-refractivity contribution >= 4 is 11.9 Å². The van der Waals surface area contributed by atoms with Crippen LogP contribution in [0.3, 0.4) is 0 Å². The Kier molecular flexibility index (Phi) is 1.29. The summed E-state index contributed by atoms with van der Waals surface area (Å²) in [5, 5.41) is 4.96. The molecule has 5 nitrogen and oxygen atoms in total. The van der Waals surface area contributed by atoms with Gasteiger partial charge in [-0.3, -0.25) is 10.1 Å². The predicted molar refractivity (Wildman–Crippen MR) is 47.9 cm³/mol. The third-order valence-corrected chi connectivity index (χ3v) is 2.77. The number of imide groups is 1. The van der Waals surface area contributed by atoms with E-state index >= 15 is 0 Å². The summed E-state index contributed by atoms with van der Waals surface area (Å²) in [4.78, 5) is 24.6. The van der Waals surface area contributed by atoms with E-state index in [1.165, 1.54) is 0 Å². The van der Waals surface area contributed by atoms with Gasteiger partial charge in [-0.15, -0.1) is 0 Å². The van der Waals surface area contributed by atoms with Crippen LogP contribution in [0, 0.1) is 5.92 Å². The number of nitrogens with one attached hydrogen (secondary N) is 2. The Labute approximate surface area is 80.4 Å². The maximum Gasteiger partial charge on any atom is 0.325 e. The van der Waals surface area contributed by atoms with E-state index in [-0.39, 0.29) is 11.8 Å². The van der Waals surface area contributed by atoms with E-state index in [0.29, 0.717) is 6.54 Å². The summed E-state index contributed by atoms with van der Waals surface area (Å²) in [6, 6.07) is -0.420. The molecule has 0 aromatic rings. The van der Waals surface area contributed by atoms with Gasteiger partial charge in [0.05, 0.1) is 17.3 Å². The summed E-state index contributed by atoms with van der Waals surface area (Å²) in [5.41, 5.74) is 1.74. The number of amides is 3. The van der Waals surface area contributed by atoms with Gasteiger partial charge >= 0.3 is 6.03 Å². The largest absolute Gasteiger partial charge is 0.365 e. The van der Waals surface area contributed by atoms with E-state index in [0.717, 1.165) is 17.9 Å². The molecule has 0 bridgehead atoms. The monoisotopic (exact) mass is 191 g/mol. The van der Waals surface area contributed by atoms with E-state index in [4.69, 9.17) is 0 Å². The van der Waals surface area contributed by atoms with Crippen LogP contribution in [0.5, 0.6) is 0 Å². The van der Waals surface area contributed by atoms with Crippen molar-refractivity contribution in [1.29, 1.82) is 0 Å². The van der Waals surface area contributed by atoms with Crippen molar-refractivity contribution in [3.05, 3.63) is 23.5 Å². The molecule has 0 radical (unpaired) electrons. The zero-order chi connectivity index (χ0) is 9.71. The Balaban J connectivity index is 2.05. The molecular formula is C9H9N3O2. The van der Waals surface area contributed by atoms with Gasteiger partial charge in [0.2, 0.25) is 5.91 Å². The molecule has 0 spiro atoms. The van der Waals surface area contributed by atoms with Crippen LogP contribution in [-0.2, 0) is 4.79 Å². The molecule has 2 N–H and O–H groups in total. The number of carbonyl (C=O) groups excluding carboxylic acids is 2. The SMILES string of the molecule is O=C1NC(=O)C2CN3CC=CC3=C2N1. The fraction of sp³-hybridized carbons (Fsp3) is 0.333. The Morgan fingerprint density at radius 3 is 3.07 bits per heavy atom. The molecule has 3 amide bonds. The molecule has 1 saturated heterocycles. The lowest BCUT2D eigenvalue weighted by Crippen LogP contribution is -2.50. The molecule has 3 rings (SSSR count). The molecule has 0 saturated carbocycles. The number of fused-ring (bicyclic) bond motifs is 2. The summed E-state index contributed by atoms with van der Waals surface area (Å²) in [6.45, 7) is 1.50. The Bertz CT molecular complexity index is 397. The van der Waals surface area contributed by atoms with E-state index < -0.39 is 6.03 Å². The van der Waals surface area contributed by atoms with Crippen LogP contribution < -0.4 is 10.6 Å². The fourth-order valence-electron chi connectivity index (χ4n) is 2.14. The Hall–Kier alpha value is -1.78. The number of urea groups is 1. The molecular weight excluding hydrogens is 182 g/mol. The van der Waals surface area contributed by atoms with Gasteiger partial charge in [-0.05, 0) is 6.08 Å². The molecule has 72 valence electrons. The van der Waals surface area contributed by atoms with Gasteiger partial charge in [0.25, 0.3) is 0 Å². The summed E-state index contributed by atoms with van der Waals surface area (Å²) < 4.78 is 0. The average molecular weight is 191 g/mol. The van der Waals surface area contributed by atoms with Gasteiger partial charge in [-0.2, -0.15) is 0 Å². The molecule has 5 heteroatoms. The van der Waals surface area contributed by atoms with Gasteiger partial charge in [0.1, 0.15) is 0 Å². The van der Waals surface area contributed by atoms with Crippen molar-refractivity contribution in [2.45, 2.75) is 0 Å². The minimum atomic E-state index is -0.420. The topological polar surface area (TPSA) is 61.4 Å². The number of rotatable bonds is 0. The molecule has 0 aromatic carbocycles. The van der Waals surface area contributed by atoms with E-state index in [9.17, 15) is 9.59 Å². The molecule has 3 aliphatic rings. The van der Waals surface area contributed by atoms with Crippen molar-refractivity contribution in [3.8, 4) is 0 Å². The zero-order valence-corrected chi connectivity index (χ0v) is 7.41. The summed E-state index contributed by atoms with van der Waals surface area (Å²) in [6.07, 6.45) is 3.98. The van der Waals surface area contributed by atoms with Gasteiger partial charge in [-0.25, -0.2) is 4.79 Å². The minimum Gasteiger partial charge on any atom is -0.365 e. The maximum atomic E-state index is 11.5. The molecule has 3 aliphatic heterocycles. The first-order chi connectivity index (χ1) is 6.75. The average Bonchev–Trinajstić information content (AvgIpc) is 2.65. The first kappa shape index (κ1) is 7.61. The van der Waals surface area contributed by atoms with Crippen LogP contribution in [-0.4, -0.2) is 29.9 Å². The zero-order valence-electron chi connectivity index (χ0n) is 7.41.